The fraction of sp³-hybridized carbons (Fsp3) is 0.111. The van der Waals surface area contributed by atoms with Crippen LogP contribution in [0.1, 0.15) is 5.56 Å². The Morgan fingerprint density at radius 3 is 2.64 bits per heavy atom. The number of nitrogens with one attached hydrogen (secondary N) is 1. The Kier molecular flexibility index (Phi) is 3.48. The van der Waals surface area contributed by atoms with Crippen LogP contribution in [-0.2, 0) is 4.79 Å². The van der Waals surface area contributed by atoms with Crippen molar-refractivity contribution in [1.29, 1.82) is 0 Å². The molecular weight excluding hydrogens is 204 g/mol. The Hall–Kier alpha value is -1.55. The SMILES string of the molecule is CNC(=O)C(=NO)c1ccccc1Cl. The number of amides is 1. The monoisotopic (exact) mass is 212 g/mol. The number of halogens is 1. The van der Waals surface area contributed by atoms with Crippen LogP contribution in [0.4, 0.5) is 0 Å². The lowest BCUT2D eigenvalue weighted by Crippen LogP contribution is -2.28. The van der Waals surface area contributed by atoms with Crippen molar-refractivity contribution in [3.8, 4) is 0 Å². The molecular formula is C9H9ClN2O2. The highest BCUT2D eigenvalue weighted by molar-refractivity contribution is 6.48. The van der Waals surface area contributed by atoms with Gasteiger partial charge in [-0.2, -0.15) is 0 Å². The lowest BCUT2D eigenvalue weighted by molar-refractivity contribution is -0.114. The highest BCUT2D eigenvalue weighted by atomic mass is 35.5. The number of carbonyl (C=O) groups is 1. The van der Waals surface area contributed by atoms with E-state index in [1.54, 1.807) is 24.3 Å². The molecule has 0 unspecified atom stereocenters. The van der Waals surface area contributed by atoms with Gasteiger partial charge in [0.2, 0.25) is 0 Å². The molecule has 1 aromatic rings. The summed E-state index contributed by atoms with van der Waals surface area (Å²) in [7, 11) is 1.45. The third kappa shape index (κ3) is 2.03. The third-order valence-electron chi connectivity index (χ3n) is 1.67. The maximum Gasteiger partial charge on any atom is 0.273 e. The highest BCUT2D eigenvalue weighted by Gasteiger charge is 2.15. The maximum atomic E-state index is 11.2. The fourth-order valence-electron chi connectivity index (χ4n) is 0.993. The van der Waals surface area contributed by atoms with Crippen molar-refractivity contribution in [3.63, 3.8) is 0 Å². The minimum absolute atomic E-state index is 0.0990. The first-order valence-corrected chi connectivity index (χ1v) is 4.27. The summed E-state index contributed by atoms with van der Waals surface area (Å²) in [5, 5.41) is 14.3. The number of likely N-dealkylation sites (N-methyl/N-ethyl adjacent to an activating group) is 1. The van der Waals surface area contributed by atoms with E-state index in [9.17, 15) is 4.79 Å². The quantitative estimate of drug-likeness (QED) is 0.441. The average molecular weight is 213 g/mol. The molecule has 0 fully saturated rings. The Balaban J connectivity index is 3.15. The first kappa shape index (κ1) is 10.5. The molecule has 0 radical (unpaired) electrons. The molecule has 0 aromatic heterocycles. The fourth-order valence-corrected chi connectivity index (χ4v) is 1.22. The molecule has 4 nitrogen and oxygen atoms in total. The third-order valence-corrected chi connectivity index (χ3v) is 2.00. The van der Waals surface area contributed by atoms with Crippen molar-refractivity contribution >= 4 is 23.2 Å². The van der Waals surface area contributed by atoms with Crippen LogP contribution in [-0.4, -0.2) is 23.9 Å². The minimum Gasteiger partial charge on any atom is -0.410 e. The van der Waals surface area contributed by atoms with Crippen molar-refractivity contribution in [2.75, 3.05) is 7.05 Å². The number of oxime groups is 1. The number of nitrogens with zero attached hydrogens (tertiary/aromatic N) is 1. The summed E-state index contributed by atoms with van der Waals surface area (Å²) in [6.45, 7) is 0. The van der Waals surface area contributed by atoms with E-state index in [1.807, 2.05) is 0 Å². The predicted octanol–water partition coefficient (Wildman–Crippen LogP) is 1.26. The summed E-state index contributed by atoms with van der Waals surface area (Å²) in [5.41, 5.74) is 0.300. The molecule has 5 heteroatoms. The van der Waals surface area contributed by atoms with E-state index in [-0.39, 0.29) is 5.71 Å². The van der Waals surface area contributed by atoms with Gasteiger partial charge in [-0.1, -0.05) is 35.0 Å². The summed E-state index contributed by atoms with van der Waals surface area (Å²) in [5.74, 6) is -0.486. The molecule has 1 rings (SSSR count). The van der Waals surface area contributed by atoms with Gasteiger partial charge in [0, 0.05) is 12.6 Å². The summed E-state index contributed by atoms with van der Waals surface area (Å²) in [6.07, 6.45) is 0. The number of benzene rings is 1. The van der Waals surface area contributed by atoms with Gasteiger partial charge in [-0.25, -0.2) is 0 Å². The number of hydrogen-bond donors (Lipinski definition) is 2. The summed E-state index contributed by atoms with van der Waals surface area (Å²) in [6, 6.07) is 6.65. The maximum absolute atomic E-state index is 11.2. The lowest BCUT2D eigenvalue weighted by atomic mass is 10.1. The van der Waals surface area contributed by atoms with Crippen molar-refractivity contribution in [2.24, 2.45) is 5.16 Å². The Bertz CT molecular complexity index is 377. The normalized spacial score (nSPS) is 11.1. The van der Waals surface area contributed by atoms with E-state index in [0.29, 0.717) is 10.6 Å². The van der Waals surface area contributed by atoms with Crippen LogP contribution in [0.5, 0.6) is 0 Å². The lowest BCUT2D eigenvalue weighted by Gasteiger charge is -2.04. The molecule has 74 valence electrons. The molecule has 0 aliphatic rings. The Morgan fingerprint density at radius 2 is 2.14 bits per heavy atom. The molecule has 2 N–H and O–H groups in total. The van der Waals surface area contributed by atoms with Gasteiger partial charge in [0.25, 0.3) is 5.91 Å². The van der Waals surface area contributed by atoms with Crippen LogP contribution in [0.25, 0.3) is 0 Å². The summed E-state index contributed by atoms with van der Waals surface area (Å²) >= 11 is 5.83. The van der Waals surface area contributed by atoms with E-state index in [1.165, 1.54) is 7.05 Å². The molecule has 0 saturated carbocycles. The van der Waals surface area contributed by atoms with Crippen LogP contribution in [0.3, 0.4) is 0 Å². The van der Waals surface area contributed by atoms with E-state index in [4.69, 9.17) is 16.8 Å². The largest absolute Gasteiger partial charge is 0.410 e. The van der Waals surface area contributed by atoms with Gasteiger partial charge in [-0.15, -0.1) is 0 Å². The van der Waals surface area contributed by atoms with Crippen molar-refractivity contribution < 1.29 is 10.0 Å². The number of rotatable bonds is 2. The Labute approximate surface area is 86.2 Å². The van der Waals surface area contributed by atoms with Crippen molar-refractivity contribution in [2.45, 2.75) is 0 Å². The molecule has 0 bridgehead atoms. The molecule has 14 heavy (non-hydrogen) atoms. The predicted molar refractivity (Wildman–Crippen MR) is 53.8 cm³/mol. The highest BCUT2D eigenvalue weighted by Crippen LogP contribution is 2.15. The van der Waals surface area contributed by atoms with Crippen LogP contribution >= 0.6 is 11.6 Å². The van der Waals surface area contributed by atoms with Gasteiger partial charge in [0.15, 0.2) is 5.71 Å². The minimum atomic E-state index is -0.486. The van der Waals surface area contributed by atoms with E-state index >= 15 is 0 Å². The zero-order chi connectivity index (χ0) is 10.6. The molecule has 0 heterocycles. The van der Waals surface area contributed by atoms with Gasteiger partial charge in [0.1, 0.15) is 0 Å². The number of hydrogen-bond acceptors (Lipinski definition) is 3. The second-order valence-electron chi connectivity index (χ2n) is 2.51. The molecule has 0 atom stereocenters. The van der Waals surface area contributed by atoms with Gasteiger partial charge in [-0.3, -0.25) is 4.79 Å². The zero-order valence-corrected chi connectivity index (χ0v) is 8.25. The van der Waals surface area contributed by atoms with E-state index in [0.717, 1.165) is 0 Å². The zero-order valence-electron chi connectivity index (χ0n) is 7.49. The van der Waals surface area contributed by atoms with Crippen LogP contribution in [0.15, 0.2) is 29.4 Å². The van der Waals surface area contributed by atoms with Crippen LogP contribution < -0.4 is 5.32 Å². The number of carbonyl (C=O) groups excluding carboxylic acids is 1. The first-order valence-electron chi connectivity index (χ1n) is 3.89. The standard InChI is InChI=1S/C9H9ClN2O2/c1-11-9(13)8(12-14)6-4-2-3-5-7(6)10/h2-5,14H,1H3,(H,11,13). The van der Waals surface area contributed by atoms with E-state index in [2.05, 4.69) is 10.5 Å². The van der Waals surface area contributed by atoms with Gasteiger partial charge < -0.3 is 10.5 Å². The van der Waals surface area contributed by atoms with Crippen molar-refractivity contribution in [1.82, 2.24) is 5.32 Å². The smallest absolute Gasteiger partial charge is 0.273 e. The molecule has 0 saturated heterocycles. The summed E-state index contributed by atoms with van der Waals surface area (Å²) < 4.78 is 0. The van der Waals surface area contributed by atoms with Gasteiger partial charge in [-0.05, 0) is 6.07 Å². The molecule has 1 aromatic carbocycles. The van der Waals surface area contributed by atoms with E-state index < -0.39 is 5.91 Å². The second kappa shape index (κ2) is 4.62. The van der Waals surface area contributed by atoms with Crippen LogP contribution in [0.2, 0.25) is 5.02 Å². The molecule has 0 aliphatic carbocycles. The topological polar surface area (TPSA) is 61.7 Å². The van der Waals surface area contributed by atoms with Gasteiger partial charge >= 0.3 is 0 Å². The van der Waals surface area contributed by atoms with Gasteiger partial charge in [0.05, 0.1) is 5.02 Å². The average Bonchev–Trinajstić information content (AvgIpc) is 2.21. The Morgan fingerprint density at radius 1 is 1.50 bits per heavy atom. The molecule has 1 amide bonds. The summed E-state index contributed by atoms with van der Waals surface area (Å²) in [4.78, 5) is 11.2. The van der Waals surface area contributed by atoms with Crippen LogP contribution in [0, 0.1) is 0 Å². The molecule has 0 aliphatic heterocycles. The van der Waals surface area contributed by atoms with Crippen molar-refractivity contribution in [3.05, 3.63) is 34.9 Å². The first-order chi connectivity index (χ1) is 6.70. The second-order valence-corrected chi connectivity index (χ2v) is 2.91. The molecule has 0 spiro atoms.